The first-order valence-electron chi connectivity index (χ1n) is 20.4. The van der Waals surface area contributed by atoms with Gasteiger partial charge in [-0.25, -0.2) is 26.3 Å². The molecule has 0 amide bonds. The van der Waals surface area contributed by atoms with Crippen LogP contribution in [0.4, 0.5) is 0 Å². The van der Waals surface area contributed by atoms with E-state index in [4.69, 9.17) is 9.47 Å². The molecule has 2 N–H and O–H groups in total. The lowest BCUT2D eigenvalue weighted by molar-refractivity contribution is -0.0674. The van der Waals surface area contributed by atoms with Crippen LogP contribution in [0.2, 0.25) is 0 Å². The predicted molar refractivity (Wildman–Crippen MR) is 216 cm³/mol. The van der Waals surface area contributed by atoms with E-state index in [9.17, 15) is 16.8 Å². The molecule has 3 heterocycles. The molecule has 3 aliphatic heterocycles. The topological polar surface area (TPSA) is 124 Å². The van der Waals surface area contributed by atoms with Gasteiger partial charge in [-0.2, -0.15) is 0 Å². The molecule has 51 heavy (non-hydrogen) atoms. The Hall–Kier alpha value is -0.420. The monoisotopic (exact) mass is 771 g/mol. The summed E-state index contributed by atoms with van der Waals surface area (Å²) in [5, 5.41) is -0.359. The zero-order valence-corrected chi connectivity index (χ0v) is 35.4. The summed E-state index contributed by atoms with van der Waals surface area (Å²) in [4.78, 5) is 9.97. The van der Waals surface area contributed by atoms with E-state index in [0.29, 0.717) is 44.1 Å². The summed E-state index contributed by atoms with van der Waals surface area (Å²) in [5.41, 5.74) is 0. The summed E-state index contributed by atoms with van der Waals surface area (Å²) >= 11 is 0. The highest BCUT2D eigenvalue weighted by molar-refractivity contribution is 7.90. The van der Waals surface area contributed by atoms with E-state index in [1.165, 1.54) is 45.6 Å². The van der Waals surface area contributed by atoms with Crippen LogP contribution in [-0.4, -0.2) is 164 Å². The largest absolute Gasteiger partial charge is 0.377 e. The molecule has 4 fully saturated rings. The van der Waals surface area contributed by atoms with Gasteiger partial charge in [-0.1, -0.05) is 13.8 Å². The second-order valence-electron chi connectivity index (χ2n) is 15.3. The van der Waals surface area contributed by atoms with Gasteiger partial charge < -0.3 is 29.1 Å². The van der Waals surface area contributed by atoms with Crippen molar-refractivity contribution >= 4 is 20.0 Å². The van der Waals surface area contributed by atoms with Crippen molar-refractivity contribution in [1.82, 2.24) is 29.0 Å². The Labute approximate surface area is 317 Å². The summed E-state index contributed by atoms with van der Waals surface area (Å²) in [5.74, 6) is 0.932. The average molecular weight is 771 g/mol. The van der Waals surface area contributed by atoms with Gasteiger partial charge in [0.05, 0.1) is 35.9 Å². The summed E-state index contributed by atoms with van der Waals surface area (Å²) in [7, 11) is -4.02. The molecule has 308 valence electrons. The SMILES string of the molecule is CC.CC(C)N1CCC(OC2CCN(CCCNS(=O)(=O)C(C)C)CC2)CC1.CCS(=O)(=O)NCCOC1CCC(CN2CCN(C)CC2)CC1.[HH].[HH]. The van der Waals surface area contributed by atoms with E-state index in [0.717, 1.165) is 83.6 Å². The van der Waals surface area contributed by atoms with Crippen LogP contribution < -0.4 is 9.44 Å². The maximum Gasteiger partial charge on any atom is 0.213 e. The van der Waals surface area contributed by atoms with Crippen LogP contribution in [-0.2, 0) is 29.5 Å². The maximum absolute atomic E-state index is 11.7. The van der Waals surface area contributed by atoms with Crippen LogP contribution in [0.15, 0.2) is 0 Å². The molecule has 0 unspecified atom stereocenters. The predicted octanol–water partition coefficient (Wildman–Crippen LogP) is 4.32. The Balaban J connectivity index is 0.000000946. The third-order valence-electron chi connectivity index (χ3n) is 10.8. The Morgan fingerprint density at radius 1 is 0.706 bits per heavy atom. The molecule has 0 spiro atoms. The summed E-state index contributed by atoms with van der Waals surface area (Å²) in [6.07, 6.45) is 11.2. The minimum atomic E-state index is -3.13. The van der Waals surface area contributed by atoms with Gasteiger partial charge in [0.1, 0.15) is 0 Å². The number of likely N-dealkylation sites (N-methyl/N-ethyl adjacent to an activating group) is 1. The molecule has 4 rings (SSSR count). The van der Waals surface area contributed by atoms with E-state index in [1.807, 2.05) is 13.8 Å². The number of nitrogens with one attached hydrogen (secondary N) is 2. The quantitative estimate of drug-likeness (QED) is 0.207. The fourth-order valence-electron chi connectivity index (χ4n) is 7.15. The lowest BCUT2D eigenvalue weighted by atomic mass is 9.87. The molecule has 0 radical (unpaired) electrons. The number of rotatable bonds is 17. The van der Waals surface area contributed by atoms with Crippen LogP contribution >= 0.6 is 0 Å². The number of hydrogen-bond acceptors (Lipinski definition) is 10. The van der Waals surface area contributed by atoms with Gasteiger partial charge in [-0.05, 0) is 112 Å². The zero-order valence-electron chi connectivity index (χ0n) is 33.8. The fraction of sp³-hybridized carbons (Fsp3) is 1.00. The minimum absolute atomic E-state index is 0. The van der Waals surface area contributed by atoms with Gasteiger partial charge in [0.2, 0.25) is 20.0 Å². The van der Waals surface area contributed by atoms with Crippen molar-refractivity contribution < 1.29 is 29.2 Å². The van der Waals surface area contributed by atoms with Gasteiger partial charge in [0.25, 0.3) is 0 Å². The molecule has 0 aromatic heterocycles. The van der Waals surface area contributed by atoms with Gasteiger partial charge in [-0.3, -0.25) is 0 Å². The number of ether oxygens (including phenoxy) is 2. The molecule has 4 aliphatic rings. The molecular formula is C37H82N6O6S2. The number of piperazine rings is 1. The summed E-state index contributed by atoms with van der Waals surface area (Å²) in [6, 6.07) is 0.643. The van der Waals surface area contributed by atoms with E-state index in [1.54, 1.807) is 20.8 Å². The van der Waals surface area contributed by atoms with Crippen molar-refractivity contribution in [2.24, 2.45) is 5.92 Å². The first-order valence-corrected chi connectivity index (χ1v) is 23.6. The second kappa shape index (κ2) is 24.9. The van der Waals surface area contributed by atoms with E-state index in [2.05, 4.69) is 49.9 Å². The van der Waals surface area contributed by atoms with Crippen molar-refractivity contribution in [3.05, 3.63) is 0 Å². The molecule has 3 saturated heterocycles. The molecule has 0 aromatic rings. The van der Waals surface area contributed by atoms with Gasteiger partial charge in [-0.15, -0.1) is 0 Å². The highest BCUT2D eigenvalue weighted by atomic mass is 32.2. The van der Waals surface area contributed by atoms with Gasteiger partial charge >= 0.3 is 0 Å². The smallest absolute Gasteiger partial charge is 0.213 e. The van der Waals surface area contributed by atoms with Crippen LogP contribution in [0.3, 0.4) is 0 Å². The lowest BCUT2D eigenvalue weighted by Gasteiger charge is -2.38. The normalized spacial score (nSPS) is 24.3. The first kappa shape index (κ1) is 46.7. The number of hydrogen-bond donors (Lipinski definition) is 2. The van der Waals surface area contributed by atoms with E-state index >= 15 is 0 Å². The van der Waals surface area contributed by atoms with E-state index in [-0.39, 0.29) is 13.9 Å². The molecule has 1 aliphatic carbocycles. The van der Waals surface area contributed by atoms with Crippen molar-refractivity contribution in [3.63, 3.8) is 0 Å². The summed E-state index contributed by atoms with van der Waals surface area (Å²) in [6.45, 7) is 26.4. The van der Waals surface area contributed by atoms with Crippen molar-refractivity contribution in [2.45, 2.75) is 136 Å². The average Bonchev–Trinajstić information content (AvgIpc) is 3.12. The van der Waals surface area contributed by atoms with Crippen molar-refractivity contribution in [2.75, 3.05) is 97.9 Å². The first-order chi connectivity index (χ1) is 24.3. The minimum Gasteiger partial charge on any atom is -0.377 e. The van der Waals surface area contributed by atoms with Gasteiger partial charge in [0, 0.05) is 80.9 Å². The molecule has 14 heteroatoms. The summed E-state index contributed by atoms with van der Waals surface area (Å²) < 4.78 is 63.5. The van der Waals surface area contributed by atoms with Crippen LogP contribution in [0.5, 0.6) is 0 Å². The highest BCUT2D eigenvalue weighted by Crippen LogP contribution is 2.27. The number of likely N-dealkylation sites (tertiary alicyclic amines) is 2. The number of sulfonamides is 2. The van der Waals surface area contributed by atoms with Gasteiger partial charge in [0.15, 0.2) is 0 Å². The maximum atomic E-state index is 11.7. The standard InChI is InChI=1S/C19H39N3O3S.C16H33N3O3S.C2H6.2H2/c1-16(2)22-14-8-19(9-15-22)25-18-6-12-21(13-7-18)11-5-10-20-26(23,24)17(3)4;1-3-23(20,21)17-8-13-22-16-6-4-15(5-7-16)14-19-11-9-18(2)10-12-19;1-2;;/h16-20H,5-15H2,1-4H3;15-17H,3-14H2,1-2H3;1-2H3;2*1H. The van der Waals surface area contributed by atoms with Crippen LogP contribution in [0.25, 0.3) is 0 Å². The van der Waals surface area contributed by atoms with Crippen molar-refractivity contribution in [3.8, 4) is 0 Å². The third kappa shape index (κ3) is 19.1. The van der Waals surface area contributed by atoms with E-state index < -0.39 is 20.0 Å². The Kier molecular flexibility index (Phi) is 22.8. The molecule has 0 aromatic carbocycles. The van der Waals surface area contributed by atoms with Crippen molar-refractivity contribution in [1.29, 1.82) is 0 Å². The highest BCUT2D eigenvalue weighted by Gasteiger charge is 2.27. The Morgan fingerprint density at radius 2 is 1.27 bits per heavy atom. The Bertz CT molecular complexity index is 1110. The number of nitrogens with zero attached hydrogens (tertiary/aromatic N) is 4. The fourth-order valence-corrected chi connectivity index (χ4v) is 8.52. The number of piperidine rings is 2. The van der Waals surface area contributed by atoms with Crippen LogP contribution in [0.1, 0.15) is 109 Å². The molecule has 0 atom stereocenters. The Morgan fingerprint density at radius 3 is 1.80 bits per heavy atom. The molecular weight excluding hydrogens is 689 g/mol. The molecule has 0 bridgehead atoms. The second-order valence-corrected chi connectivity index (χ2v) is 19.7. The third-order valence-corrected chi connectivity index (χ3v) is 14.0. The molecule has 12 nitrogen and oxygen atoms in total. The molecule has 1 saturated carbocycles. The van der Waals surface area contributed by atoms with Crippen LogP contribution in [0, 0.1) is 5.92 Å². The zero-order chi connectivity index (χ0) is 37.9. The lowest BCUT2D eigenvalue weighted by Crippen LogP contribution is -2.46.